The van der Waals surface area contributed by atoms with E-state index in [0.29, 0.717) is 32.1 Å². The highest BCUT2D eigenvalue weighted by Gasteiger charge is 2.63. The van der Waals surface area contributed by atoms with Crippen LogP contribution in [0.25, 0.3) is 0 Å². The van der Waals surface area contributed by atoms with E-state index in [1.54, 1.807) is 33.8 Å². The Morgan fingerprint density at radius 1 is 1.10 bits per heavy atom. The average Bonchev–Trinajstić information content (AvgIpc) is 3.91. The quantitative estimate of drug-likeness (QED) is 0.311. The van der Waals surface area contributed by atoms with Gasteiger partial charge in [-0.2, -0.15) is 0 Å². The second-order valence-electron chi connectivity index (χ2n) is 16.1. The molecule has 0 aromatic heterocycles. The standard InChI is InChI=1S/C36H50FN5O9S/c1-21-9-7-8-10-23-19-36(23,31(45)40-52(49,50)35(6)15-16-35)39-29(43)27-18-26(42(33(47)48)25-13-11-24(37)12-14-25)20-41(27)30(44)28(22(2)17-21)38-32(46)51-34(3,4)5/h8,10-14,21-23,26-28H,7,9,15-20H2,1-6H3,(H,38,46)(H,39,43)(H,40,45)(H,47,48)/t21-,22-,23-,26-,27+,28+,36-/m1/s1. The molecule has 16 heteroatoms. The fourth-order valence-corrected chi connectivity index (χ4v) is 8.54. The number of fused-ring (bicyclic) bond motifs is 2. The summed E-state index contributed by atoms with van der Waals surface area (Å²) in [7, 11) is -4.06. The van der Waals surface area contributed by atoms with Gasteiger partial charge in [-0.15, -0.1) is 0 Å². The number of carboxylic acid groups (broad SMARTS) is 1. The minimum absolute atomic E-state index is 0.0834. The van der Waals surface area contributed by atoms with E-state index in [1.165, 1.54) is 17.0 Å². The molecule has 52 heavy (non-hydrogen) atoms. The van der Waals surface area contributed by atoms with E-state index in [2.05, 4.69) is 15.4 Å². The Morgan fingerprint density at radius 3 is 2.35 bits per heavy atom. The molecule has 2 aliphatic carbocycles. The maximum absolute atomic E-state index is 14.6. The zero-order valence-corrected chi connectivity index (χ0v) is 31.3. The van der Waals surface area contributed by atoms with Gasteiger partial charge in [-0.3, -0.25) is 24.0 Å². The van der Waals surface area contributed by atoms with Gasteiger partial charge in [0.2, 0.25) is 21.8 Å². The van der Waals surface area contributed by atoms with Crippen LogP contribution in [0, 0.1) is 23.6 Å². The summed E-state index contributed by atoms with van der Waals surface area (Å²) >= 11 is 0. The highest BCUT2D eigenvalue weighted by molar-refractivity contribution is 7.91. The predicted octanol–water partition coefficient (Wildman–Crippen LogP) is 4.06. The Labute approximate surface area is 303 Å². The molecule has 0 unspecified atom stereocenters. The summed E-state index contributed by atoms with van der Waals surface area (Å²) in [6.45, 7) is 10.1. The largest absolute Gasteiger partial charge is 0.465 e. The lowest BCUT2D eigenvalue weighted by molar-refractivity contribution is -0.142. The molecule has 2 saturated carbocycles. The smallest absolute Gasteiger partial charge is 0.412 e. The number of sulfonamides is 1. The molecule has 286 valence electrons. The van der Waals surface area contributed by atoms with E-state index in [0.717, 1.165) is 17.0 Å². The molecule has 7 atom stereocenters. The molecule has 3 fully saturated rings. The van der Waals surface area contributed by atoms with Crippen LogP contribution in [0.2, 0.25) is 0 Å². The van der Waals surface area contributed by atoms with Crippen LogP contribution >= 0.6 is 0 Å². The topological polar surface area (TPSA) is 192 Å². The van der Waals surface area contributed by atoms with E-state index in [-0.39, 0.29) is 31.0 Å². The van der Waals surface area contributed by atoms with E-state index in [1.807, 2.05) is 19.9 Å². The molecule has 0 radical (unpaired) electrons. The zero-order chi connectivity index (χ0) is 38.4. The molecule has 5 rings (SSSR count). The van der Waals surface area contributed by atoms with Crippen LogP contribution in [0.1, 0.15) is 86.5 Å². The second kappa shape index (κ2) is 14.3. The summed E-state index contributed by atoms with van der Waals surface area (Å²) in [6, 6.07) is 1.25. The van der Waals surface area contributed by atoms with Crippen LogP contribution in [0.4, 0.5) is 19.7 Å². The first-order valence-corrected chi connectivity index (χ1v) is 19.3. The van der Waals surface area contributed by atoms with Gasteiger partial charge in [0.05, 0.1) is 10.8 Å². The second-order valence-corrected chi connectivity index (χ2v) is 18.3. The summed E-state index contributed by atoms with van der Waals surface area (Å²) in [5, 5.41) is 15.8. The van der Waals surface area contributed by atoms with Crippen molar-refractivity contribution in [2.45, 2.75) is 121 Å². The molecule has 0 spiro atoms. The fraction of sp³-hybridized carbons (Fsp3) is 0.639. The molecule has 4 N–H and O–H groups in total. The minimum atomic E-state index is -4.06. The molecule has 4 aliphatic rings. The van der Waals surface area contributed by atoms with Crippen molar-refractivity contribution in [2.24, 2.45) is 17.8 Å². The van der Waals surface area contributed by atoms with Crippen LogP contribution in [0.15, 0.2) is 36.4 Å². The fourth-order valence-electron chi connectivity index (χ4n) is 7.23. The third-order valence-corrected chi connectivity index (χ3v) is 12.8. The molecule has 1 saturated heterocycles. The monoisotopic (exact) mass is 747 g/mol. The number of hydrogen-bond acceptors (Lipinski definition) is 8. The van der Waals surface area contributed by atoms with Crippen molar-refractivity contribution in [3.8, 4) is 0 Å². The minimum Gasteiger partial charge on any atom is -0.465 e. The van der Waals surface area contributed by atoms with Gasteiger partial charge in [-0.1, -0.05) is 26.0 Å². The average molecular weight is 748 g/mol. The Balaban J connectivity index is 1.54. The molecule has 1 aromatic carbocycles. The number of ether oxygens (including phenoxy) is 1. The number of rotatable bonds is 6. The van der Waals surface area contributed by atoms with Crippen LogP contribution in [0.5, 0.6) is 0 Å². The van der Waals surface area contributed by atoms with E-state index in [9.17, 15) is 41.9 Å². The number of benzene rings is 1. The van der Waals surface area contributed by atoms with Crippen molar-refractivity contribution < 1.29 is 46.6 Å². The lowest BCUT2D eigenvalue weighted by atomic mass is 9.88. The van der Waals surface area contributed by atoms with Gasteiger partial charge in [-0.05, 0) is 109 Å². The van der Waals surface area contributed by atoms with Crippen molar-refractivity contribution in [3.05, 3.63) is 42.2 Å². The van der Waals surface area contributed by atoms with Gasteiger partial charge in [0, 0.05) is 18.2 Å². The van der Waals surface area contributed by atoms with Crippen molar-refractivity contribution in [3.63, 3.8) is 0 Å². The van der Waals surface area contributed by atoms with E-state index >= 15 is 0 Å². The van der Waals surface area contributed by atoms with Crippen LogP contribution in [-0.4, -0.2) is 88.9 Å². The first-order valence-electron chi connectivity index (χ1n) is 17.8. The number of anilines is 1. The van der Waals surface area contributed by atoms with Gasteiger partial charge in [0.1, 0.15) is 29.0 Å². The third-order valence-electron chi connectivity index (χ3n) is 10.6. The zero-order valence-electron chi connectivity index (χ0n) is 30.5. The molecule has 0 bridgehead atoms. The molecule has 2 aliphatic heterocycles. The van der Waals surface area contributed by atoms with Crippen LogP contribution in [-0.2, 0) is 29.1 Å². The van der Waals surface area contributed by atoms with Crippen LogP contribution in [0.3, 0.4) is 0 Å². The first-order chi connectivity index (χ1) is 24.2. The van der Waals surface area contributed by atoms with Gasteiger partial charge < -0.3 is 25.4 Å². The third kappa shape index (κ3) is 8.37. The number of alkyl carbamates (subject to hydrolysis) is 1. The number of nitrogens with zero attached hydrogens (tertiary/aromatic N) is 2. The van der Waals surface area contributed by atoms with Crippen molar-refractivity contribution >= 4 is 45.6 Å². The number of amides is 5. The maximum Gasteiger partial charge on any atom is 0.412 e. The summed E-state index contributed by atoms with van der Waals surface area (Å²) in [4.78, 5) is 70.8. The van der Waals surface area contributed by atoms with Crippen molar-refractivity contribution in [1.82, 2.24) is 20.3 Å². The van der Waals surface area contributed by atoms with Crippen LogP contribution < -0.4 is 20.3 Å². The Morgan fingerprint density at radius 2 is 1.75 bits per heavy atom. The number of hydrogen-bond donors (Lipinski definition) is 4. The predicted molar refractivity (Wildman–Crippen MR) is 189 cm³/mol. The Kier molecular flexibility index (Phi) is 10.7. The lowest BCUT2D eigenvalue weighted by Gasteiger charge is -2.33. The highest BCUT2D eigenvalue weighted by Crippen LogP contribution is 2.47. The summed E-state index contributed by atoms with van der Waals surface area (Å²) in [5.41, 5.74) is -2.40. The summed E-state index contributed by atoms with van der Waals surface area (Å²) in [6.07, 6.45) is 3.98. The number of carbonyl (C=O) groups excluding carboxylic acids is 4. The van der Waals surface area contributed by atoms with Crippen molar-refractivity contribution in [1.29, 1.82) is 0 Å². The van der Waals surface area contributed by atoms with E-state index in [4.69, 9.17) is 4.74 Å². The molecular formula is C36H50FN5O9S. The van der Waals surface area contributed by atoms with Gasteiger partial charge >= 0.3 is 12.2 Å². The molecule has 1 aromatic rings. The first kappa shape index (κ1) is 39.0. The van der Waals surface area contributed by atoms with Crippen molar-refractivity contribution in [2.75, 3.05) is 11.4 Å². The summed E-state index contributed by atoms with van der Waals surface area (Å²) < 4.78 is 46.6. The highest BCUT2D eigenvalue weighted by atomic mass is 32.2. The molecule has 2 heterocycles. The maximum atomic E-state index is 14.6. The molecular weight excluding hydrogens is 697 g/mol. The Bertz CT molecular complexity index is 1730. The number of carbonyl (C=O) groups is 5. The summed E-state index contributed by atoms with van der Waals surface area (Å²) in [5.74, 6) is -3.80. The Hall–Kier alpha value is -4.21. The number of nitrogens with one attached hydrogen (secondary N) is 3. The lowest BCUT2D eigenvalue weighted by Crippen LogP contribution is -2.59. The van der Waals surface area contributed by atoms with E-state index < -0.39 is 91.6 Å². The molecule has 5 amide bonds. The SMILES string of the molecule is C[C@@H]1CCC=C[C@@H]2C[C@@]2(C(=O)NS(=O)(=O)C2(C)CC2)NC(=O)[C@@H]2C[C@@H](N(C(=O)O)c3ccc(F)cc3)CN2C(=O)[C@@H](NC(=O)OC(C)(C)C)[C@H](C)C1. The van der Waals surface area contributed by atoms with Gasteiger partial charge in [0.25, 0.3) is 5.91 Å². The van der Waals surface area contributed by atoms with Gasteiger partial charge in [0.15, 0.2) is 0 Å². The van der Waals surface area contributed by atoms with Gasteiger partial charge in [-0.25, -0.2) is 22.4 Å². The molecule has 14 nitrogen and oxygen atoms in total. The number of allylic oxidation sites excluding steroid dienone is 1. The number of halogens is 1. The normalized spacial score (nSPS) is 30.4.